The molecule has 0 saturated heterocycles. The summed E-state index contributed by atoms with van der Waals surface area (Å²) < 4.78 is 37.9. The summed E-state index contributed by atoms with van der Waals surface area (Å²) in [6, 6.07) is 3.46. The molecule has 19 heavy (non-hydrogen) atoms. The Kier molecular flexibility index (Phi) is 6.76. The van der Waals surface area contributed by atoms with Crippen LogP contribution in [0.5, 0.6) is 0 Å². The molecule has 108 valence electrons. The van der Waals surface area contributed by atoms with Crippen LogP contribution in [-0.2, 0) is 12.7 Å². The highest BCUT2D eigenvalue weighted by Gasteiger charge is 2.31. The van der Waals surface area contributed by atoms with Crippen molar-refractivity contribution in [3.8, 4) is 0 Å². The third-order valence-corrected chi connectivity index (χ3v) is 2.23. The van der Waals surface area contributed by atoms with Crippen molar-refractivity contribution in [3.05, 3.63) is 34.9 Å². The molecule has 1 rings (SSSR count). The minimum atomic E-state index is -4.42. The number of alkyl halides is 3. The van der Waals surface area contributed by atoms with Crippen molar-refractivity contribution >= 4 is 5.78 Å². The van der Waals surface area contributed by atoms with Gasteiger partial charge in [-0.25, -0.2) is 0 Å². The number of halogens is 3. The van der Waals surface area contributed by atoms with Gasteiger partial charge in [-0.2, -0.15) is 13.2 Å². The lowest BCUT2D eigenvalue weighted by Crippen LogP contribution is -2.13. The molecule has 0 aromatic heterocycles. The number of benzene rings is 1. The fourth-order valence-electron chi connectivity index (χ4n) is 1.52. The first-order chi connectivity index (χ1) is 8.70. The van der Waals surface area contributed by atoms with Crippen molar-refractivity contribution in [1.82, 2.24) is 4.90 Å². The van der Waals surface area contributed by atoms with Gasteiger partial charge >= 0.3 is 6.18 Å². The number of hydrogen-bond donors (Lipinski definition) is 0. The van der Waals surface area contributed by atoms with Gasteiger partial charge in [0.05, 0.1) is 5.56 Å². The number of nitrogens with zero attached hydrogens (tertiary/aromatic N) is 1. The highest BCUT2D eigenvalue weighted by molar-refractivity contribution is 5.94. The molecule has 2 nitrogen and oxygen atoms in total. The van der Waals surface area contributed by atoms with Crippen molar-refractivity contribution < 1.29 is 18.0 Å². The molecule has 0 N–H and O–H groups in total. The van der Waals surface area contributed by atoms with Gasteiger partial charge in [-0.3, -0.25) is 4.79 Å². The summed E-state index contributed by atoms with van der Waals surface area (Å²) in [5.41, 5.74) is -0.200. The van der Waals surface area contributed by atoms with E-state index in [1.807, 2.05) is 13.8 Å². The molecule has 0 unspecified atom stereocenters. The second-order valence-electron chi connectivity index (χ2n) is 4.21. The van der Waals surface area contributed by atoms with Gasteiger partial charge in [0.1, 0.15) is 0 Å². The Morgan fingerprint density at radius 1 is 1.16 bits per heavy atom. The van der Waals surface area contributed by atoms with E-state index in [2.05, 4.69) is 0 Å². The highest BCUT2D eigenvalue weighted by atomic mass is 19.4. The van der Waals surface area contributed by atoms with Crippen LogP contribution in [0.25, 0.3) is 0 Å². The van der Waals surface area contributed by atoms with Crippen molar-refractivity contribution in [2.75, 3.05) is 14.1 Å². The summed E-state index contributed by atoms with van der Waals surface area (Å²) in [6.45, 7) is 5.62. The summed E-state index contributed by atoms with van der Waals surface area (Å²) in [7, 11) is 3.52. The van der Waals surface area contributed by atoms with Crippen LogP contribution in [0.4, 0.5) is 13.2 Å². The first-order valence-electron chi connectivity index (χ1n) is 6.07. The molecule has 0 aliphatic carbocycles. The first-order valence-corrected chi connectivity index (χ1v) is 6.07. The predicted octanol–water partition coefficient (Wildman–Crippen LogP) is 4.00. The normalized spacial score (nSPS) is 11.0. The van der Waals surface area contributed by atoms with E-state index in [9.17, 15) is 18.0 Å². The van der Waals surface area contributed by atoms with Crippen LogP contribution in [0.1, 0.15) is 42.3 Å². The maximum atomic E-state index is 12.6. The van der Waals surface area contributed by atoms with Crippen LogP contribution >= 0.6 is 0 Å². The SMILES string of the molecule is CC.CC(=O)c1cc(CN(C)C)cc(C(F)(F)F)c1. The van der Waals surface area contributed by atoms with E-state index in [4.69, 9.17) is 0 Å². The molecule has 0 amide bonds. The van der Waals surface area contributed by atoms with Gasteiger partial charge in [0.25, 0.3) is 0 Å². The second-order valence-corrected chi connectivity index (χ2v) is 4.21. The minimum absolute atomic E-state index is 0.0941. The number of carbonyl (C=O) groups is 1. The number of carbonyl (C=O) groups excluding carboxylic acids is 1. The van der Waals surface area contributed by atoms with Gasteiger partial charge in [-0.1, -0.05) is 13.8 Å². The summed E-state index contributed by atoms with van der Waals surface area (Å²) in [5, 5.41) is 0. The molecular weight excluding hydrogens is 255 g/mol. The Morgan fingerprint density at radius 3 is 2.05 bits per heavy atom. The van der Waals surface area contributed by atoms with Crippen LogP contribution < -0.4 is 0 Å². The standard InChI is InChI=1S/C12H14F3NO.C2H6/c1-8(17)10-4-9(7-16(2)3)5-11(6-10)12(13,14)15;1-2/h4-6H,7H2,1-3H3;1-2H3. The molecule has 5 heteroatoms. The Morgan fingerprint density at radius 2 is 1.68 bits per heavy atom. The van der Waals surface area contributed by atoms with Gasteiger partial charge in [0.2, 0.25) is 0 Å². The van der Waals surface area contributed by atoms with E-state index in [0.29, 0.717) is 12.1 Å². The molecule has 0 spiro atoms. The van der Waals surface area contributed by atoms with Crippen LogP contribution in [0.15, 0.2) is 18.2 Å². The van der Waals surface area contributed by atoms with E-state index in [1.54, 1.807) is 19.0 Å². The zero-order valence-corrected chi connectivity index (χ0v) is 11.9. The lowest BCUT2D eigenvalue weighted by molar-refractivity contribution is -0.137. The minimum Gasteiger partial charge on any atom is -0.305 e. The topological polar surface area (TPSA) is 20.3 Å². The third-order valence-electron chi connectivity index (χ3n) is 2.23. The predicted molar refractivity (Wildman–Crippen MR) is 70.2 cm³/mol. The molecule has 0 bridgehead atoms. The fraction of sp³-hybridized carbons (Fsp3) is 0.500. The van der Waals surface area contributed by atoms with Gasteiger partial charge in [-0.15, -0.1) is 0 Å². The number of Topliss-reactive ketones (excluding diaryl/α,β-unsaturated/α-hetero) is 1. The molecule has 1 aromatic rings. The summed E-state index contributed by atoms with van der Waals surface area (Å²) >= 11 is 0. The zero-order valence-electron chi connectivity index (χ0n) is 11.9. The quantitative estimate of drug-likeness (QED) is 0.777. The van der Waals surface area contributed by atoms with E-state index in [1.165, 1.54) is 13.0 Å². The highest BCUT2D eigenvalue weighted by Crippen LogP contribution is 2.31. The maximum Gasteiger partial charge on any atom is 0.416 e. The molecule has 0 aliphatic rings. The van der Waals surface area contributed by atoms with Gasteiger partial charge < -0.3 is 4.90 Å². The molecule has 0 aliphatic heterocycles. The van der Waals surface area contributed by atoms with Gasteiger partial charge in [0.15, 0.2) is 5.78 Å². The largest absolute Gasteiger partial charge is 0.416 e. The van der Waals surface area contributed by atoms with Crippen molar-refractivity contribution in [1.29, 1.82) is 0 Å². The Balaban J connectivity index is 0.00000154. The molecule has 0 radical (unpaired) electrons. The molecule has 0 saturated carbocycles. The van der Waals surface area contributed by atoms with Crippen LogP contribution in [0.3, 0.4) is 0 Å². The number of ketones is 1. The van der Waals surface area contributed by atoms with Crippen molar-refractivity contribution in [3.63, 3.8) is 0 Å². The van der Waals surface area contributed by atoms with Crippen LogP contribution in [0.2, 0.25) is 0 Å². The lowest BCUT2D eigenvalue weighted by atomic mass is 10.0. The van der Waals surface area contributed by atoms with E-state index >= 15 is 0 Å². The Hall–Kier alpha value is -1.36. The molecule has 0 fully saturated rings. The summed E-state index contributed by atoms with van der Waals surface area (Å²) in [6.07, 6.45) is -4.42. The molecule has 1 aromatic carbocycles. The smallest absolute Gasteiger partial charge is 0.305 e. The van der Waals surface area contributed by atoms with Crippen LogP contribution in [0, 0.1) is 0 Å². The monoisotopic (exact) mass is 275 g/mol. The number of rotatable bonds is 3. The van der Waals surface area contributed by atoms with Crippen molar-refractivity contribution in [2.45, 2.75) is 33.5 Å². The van der Waals surface area contributed by atoms with Gasteiger partial charge in [0, 0.05) is 12.1 Å². The summed E-state index contributed by atoms with van der Waals surface area (Å²) in [5.74, 6) is -0.365. The average Bonchev–Trinajstić information content (AvgIpc) is 2.29. The fourth-order valence-corrected chi connectivity index (χ4v) is 1.52. The number of hydrogen-bond acceptors (Lipinski definition) is 2. The first kappa shape index (κ1) is 17.6. The van der Waals surface area contributed by atoms with Gasteiger partial charge in [-0.05, 0) is 44.8 Å². The summed E-state index contributed by atoms with van der Waals surface area (Å²) in [4.78, 5) is 12.9. The van der Waals surface area contributed by atoms with Crippen molar-refractivity contribution in [2.24, 2.45) is 0 Å². The van der Waals surface area contributed by atoms with Crippen LogP contribution in [-0.4, -0.2) is 24.8 Å². The second kappa shape index (κ2) is 7.28. The molecular formula is C14H20F3NO. The van der Waals surface area contributed by atoms with E-state index in [0.717, 1.165) is 12.1 Å². The average molecular weight is 275 g/mol. The molecule has 0 atom stereocenters. The lowest BCUT2D eigenvalue weighted by Gasteiger charge is -2.14. The zero-order chi connectivity index (χ0) is 15.2. The molecule has 0 heterocycles. The Bertz CT molecular complexity index is 425. The van der Waals surface area contributed by atoms with E-state index in [-0.39, 0.29) is 11.3 Å². The third kappa shape index (κ3) is 5.87. The maximum absolute atomic E-state index is 12.6. The Labute approximate surface area is 112 Å². The van der Waals surface area contributed by atoms with E-state index < -0.39 is 11.7 Å².